The van der Waals surface area contributed by atoms with Gasteiger partial charge in [-0.15, -0.1) is 0 Å². The molecule has 1 fully saturated rings. The lowest BCUT2D eigenvalue weighted by Gasteiger charge is -2.38. The van der Waals surface area contributed by atoms with Gasteiger partial charge in [-0.1, -0.05) is 11.6 Å². The molecule has 0 spiro atoms. The minimum Gasteiger partial charge on any atom is -0.483 e. The number of rotatable bonds is 12. The van der Waals surface area contributed by atoms with Crippen molar-refractivity contribution in [3.8, 4) is 5.75 Å². The number of nitrogens with zero attached hydrogens (tertiary/aromatic N) is 7. The molecule has 2 aromatic carbocycles. The van der Waals surface area contributed by atoms with Gasteiger partial charge >= 0.3 is 5.97 Å². The lowest BCUT2D eigenvalue weighted by atomic mass is 9.95. The summed E-state index contributed by atoms with van der Waals surface area (Å²) >= 11 is 6.10. The van der Waals surface area contributed by atoms with Crippen LogP contribution < -0.4 is 4.74 Å². The fourth-order valence-electron chi connectivity index (χ4n) is 5.49. The van der Waals surface area contributed by atoms with E-state index in [4.69, 9.17) is 25.7 Å². The van der Waals surface area contributed by atoms with Gasteiger partial charge in [0, 0.05) is 56.1 Å². The summed E-state index contributed by atoms with van der Waals surface area (Å²) in [7, 11) is 1.70. The summed E-state index contributed by atoms with van der Waals surface area (Å²) in [6.45, 7) is 6.10. The molecule has 3 aromatic heterocycles. The summed E-state index contributed by atoms with van der Waals surface area (Å²) in [5.74, 6) is 2.38. The SMILES string of the molecule is CCn1cncc1Cn1c(CN2CC(Cc3cnc(COc4ccc(Cl)cc4C=NC)o3)C2)nc2ccc(C(=O)O)cc21. The summed E-state index contributed by atoms with van der Waals surface area (Å²) in [6.07, 6.45) is 7.92. The molecule has 1 N–H and O–H groups in total. The minimum atomic E-state index is -0.955. The van der Waals surface area contributed by atoms with E-state index in [0.29, 0.717) is 35.7 Å². The number of ether oxygens (including phenoxy) is 1. The number of imidazole rings is 2. The molecular weight excluding hydrogens is 570 g/mol. The highest BCUT2D eigenvalue weighted by atomic mass is 35.5. The predicted molar refractivity (Wildman–Crippen MR) is 162 cm³/mol. The molecule has 4 heterocycles. The Labute approximate surface area is 253 Å². The Morgan fingerprint density at radius 2 is 2.07 bits per heavy atom. The van der Waals surface area contributed by atoms with Gasteiger partial charge in [-0.05, 0) is 49.2 Å². The van der Waals surface area contributed by atoms with Gasteiger partial charge in [0.05, 0.1) is 47.9 Å². The summed E-state index contributed by atoms with van der Waals surface area (Å²) in [5, 5.41) is 10.2. The first-order valence-electron chi connectivity index (χ1n) is 14.1. The maximum Gasteiger partial charge on any atom is 0.335 e. The van der Waals surface area contributed by atoms with Crippen LogP contribution in [0.4, 0.5) is 0 Å². The molecular formula is C31H32ClN7O4. The Kier molecular flexibility index (Phi) is 8.26. The number of hydrogen-bond acceptors (Lipinski definition) is 8. The number of benzene rings is 2. The Balaban J connectivity index is 1.09. The van der Waals surface area contributed by atoms with Gasteiger partial charge in [0.1, 0.15) is 17.3 Å². The van der Waals surface area contributed by atoms with Gasteiger partial charge in [0.15, 0.2) is 6.61 Å². The van der Waals surface area contributed by atoms with Crippen LogP contribution in [-0.4, -0.2) is 66.4 Å². The molecule has 0 bridgehead atoms. The van der Waals surface area contributed by atoms with Crippen LogP contribution in [0.1, 0.15) is 46.0 Å². The lowest BCUT2D eigenvalue weighted by Crippen LogP contribution is -2.47. The van der Waals surface area contributed by atoms with Crippen LogP contribution in [0.2, 0.25) is 5.02 Å². The smallest absolute Gasteiger partial charge is 0.335 e. The van der Waals surface area contributed by atoms with E-state index in [1.807, 2.05) is 18.6 Å². The largest absolute Gasteiger partial charge is 0.483 e. The number of carboxylic acids is 1. The van der Waals surface area contributed by atoms with Crippen molar-refractivity contribution in [1.29, 1.82) is 0 Å². The Bertz CT molecular complexity index is 1780. The highest BCUT2D eigenvalue weighted by molar-refractivity contribution is 6.30. The summed E-state index contributed by atoms with van der Waals surface area (Å²) in [5.41, 5.74) is 3.67. The maximum absolute atomic E-state index is 11.7. The molecule has 11 nitrogen and oxygen atoms in total. The first-order chi connectivity index (χ1) is 20.9. The van der Waals surface area contributed by atoms with Gasteiger partial charge < -0.3 is 23.4 Å². The Morgan fingerprint density at radius 1 is 1.21 bits per heavy atom. The van der Waals surface area contributed by atoms with E-state index >= 15 is 0 Å². The molecule has 222 valence electrons. The van der Waals surface area contributed by atoms with Crippen LogP contribution >= 0.6 is 11.6 Å². The van der Waals surface area contributed by atoms with Crippen LogP contribution in [-0.2, 0) is 32.7 Å². The summed E-state index contributed by atoms with van der Waals surface area (Å²) in [4.78, 5) is 31.7. The van der Waals surface area contributed by atoms with Gasteiger partial charge in [0.25, 0.3) is 0 Å². The molecule has 0 amide bonds. The van der Waals surface area contributed by atoms with Crippen molar-refractivity contribution in [1.82, 2.24) is 29.0 Å². The molecule has 1 aliphatic heterocycles. The quantitative estimate of drug-likeness (QED) is 0.199. The average molecular weight is 602 g/mol. The Hall–Kier alpha value is -4.48. The van der Waals surface area contributed by atoms with Crippen LogP contribution in [0.3, 0.4) is 0 Å². The first kappa shape index (κ1) is 28.6. The number of carboxylic acid groups (broad SMARTS) is 1. The van der Waals surface area contributed by atoms with Gasteiger partial charge in [0.2, 0.25) is 5.89 Å². The van der Waals surface area contributed by atoms with Crippen molar-refractivity contribution in [2.75, 3.05) is 20.1 Å². The molecule has 12 heteroatoms. The number of likely N-dealkylation sites (tertiary alicyclic amines) is 1. The number of aliphatic imine (C=N–C) groups is 1. The first-order valence-corrected chi connectivity index (χ1v) is 14.5. The molecule has 0 unspecified atom stereocenters. The number of carbonyl (C=O) groups is 1. The normalized spacial score (nSPS) is 14.1. The monoisotopic (exact) mass is 601 g/mol. The molecule has 0 saturated carbocycles. The van der Waals surface area contributed by atoms with Crippen LogP contribution in [0, 0.1) is 5.92 Å². The zero-order chi connectivity index (χ0) is 29.9. The van der Waals surface area contributed by atoms with E-state index in [2.05, 4.69) is 35.9 Å². The highest BCUT2D eigenvalue weighted by Gasteiger charge is 2.29. The van der Waals surface area contributed by atoms with E-state index < -0.39 is 5.97 Å². The number of aromatic carboxylic acids is 1. The van der Waals surface area contributed by atoms with E-state index in [1.165, 1.54) is 0 Å². The van der Waals surface area contributed by atoms with Crippen molar-refractivity contribution >= 4 is 34.8 Å². The fourth-order valence-corrected chi connectivity index (χ4v) is 5.67. The van der Waals surface area contributed by atoms with Crippen molar-refractivity contribution in [2.24, 2.45) is 10.9 Å². The second kappa shape index (κ2) is 12.4. The number of halogens is 1. The van der Waals surface area contributed by atoms with Crippen molar-refractivity contribution < 1.29 is 19.1 Å². The minimum absolute atomic E-state index is 0.208. The molecule has 0 radical (unpaired) electrons. The molecule has 0 atom stereocenters. The predicted octanol–water partition coefficient (Wildman–Crippen LogP) is 4.94. The van der Waals surface area contributed by atoms with E-state index in [-0.39, 0.29) is 12.2 Å². The van der Waals surface area contributed by atoms with E-state index in [1.54, 1.807) is 49.8 Å². The number of oxazole rings is 1. The third kappa shape index (κ3) is 6.32. The van der Waals surface area contributed by atoms with Gasteiger partial charge in [-0.2, -0.15) is 0 Å². The van der Waals surface area contributed by atoms with Crippen molar-refractivity contribution in [3.63, 3.8) is 0 Å². The molecule has 43 heavy (non-hydrogen) atoms. The fraction of sp³-hybridized carbons (Fsp3) is 0.323. The number of aromatic nitrogens is 5. The Morgan fingerprint density at radius 3 is 2.86 bits per heavy atom. The number of aryl methyl sites for hydroxylation is 1. The van der Waals surface area contributed by atoms with Crippen LogP contribution in [0.15, 0.2) is 64.5 Å². The molecule has 6 rings (SSSR count). The zero-order valence-electron chi connectivity index (χ0n) is 24.0. The van der Waals surface area contributed by atoms with Crippen LogP contribution in [0.5, 0.6) is 5.75 Å². The van der Waals surface area contributed by atoms with Gasteiger partial charge in [-0.3, -0.25) is 9.89 Å². The van der Waals surface area contributed by atoms with Crippen molar-refractivity contribution in [2.45, 2.75) is 39.6 Å². The lowest BCUT2D eigenvalue weighted by molar-refractivity contribution is 0.0697. The van der Waals surface area contributed by atoms with E-state index in [9.17, 15) is 9.90 Å². The molecule has 1 saturated heterocycles. The third-order valence-electron chi connectivity index (χ3n) is 7.61. The topological polar surface area (TPSA) is 124 Å². The summed E-state index contributed by atoms with van der Waals surface area (Å²) in [6, 6.07) is 10.5. The maximum atomic E-state index is 11.7. The number of fused-ring (bicyclic) bond motifs is 1. The second-order valence-corrected chi connectivity index (χ2v) is 11.1. The zero-order valence-corrected chi connectivity index (χ0v) is 24.7. The van der Waals surface area contributed by atoms with Crippen molar-refractivity contribution in [3.05, 3.63) is 94.4 Å². The highest BCUT2D eigenvalue weighted by Crippen LogP contribution is 2.27. The average Bonchev–Trinajstić information content (AvgIpc) is 3.70. The van der Waals surface area contributed by atoms with Crippen LogP contribution in [0.25, 0.3) is 11.0 Å². The van der Waals surface area contributed by atoms with Gasteiger partial charge in [-0.25, -0.2) is 19.7 Å². The second-order valence-electron chi connectivity index (χ2n) is 10.6. The molecule has 1 aliphatic rings. The van der Waals surface area contributed by atoms with E-state index in [0.717, 1.165) is 59.9 Å². The molecule has 0 aliphatic carbocycles. The third-order valence-corrected chi connectivity index (χ3v) is 7.85. The number of hydrogen-bond donors (Lipinski definition) is 1. The molecule has 5 aromatic rings. The standard InChI is InChI=1S/C31H32ClN7O4/c1-3-38-19-34-12-24(38)16-39-27-10-21(31(40)41)4-6-26(27)36-29(39)17-37-14-20(15-37)8-25-13-35-30(43-25)18-42-28-7-5-23(32)9-22(28)11-33-2/h4-7,9-13,19-20H,3,8,14-18H2,1-2H3,(H,40,41). The summed E-state index contributed by atoms with van der Waals surface area (Å²) < 4.78 is 16.1.